The molecule has 3 aromatic carbocycles. The van der Waals surface area contributed by atoms with Gasteiger partial charge in [0.2, 0.25) is 0 Å². The summed E-state index contributed by atoms with van der Waals surface area (Å²) in [5.41, 5.74) is 2.43. The van der Waals surface area contributed by atoms with Crippen LogP contribution in [0.5, 0.6) is 0 Å². The first-order valence-electron chi connectivity index (χ1n) is 11.3. The number of carbonyl (C=O) groups excluding carboxylic acids is 2. The minimum Gasteiger partial charge on any atom is -0.341 e. The molecule has 0 aliphatic carbocycles. The highest BCUT2D eigenvalue weighted by Crippen LogP contribution is 2.30. The summed E-state index contributed by atoms with van der Waals surface area (Å²) >= 11 is 0. The summed E-state index contributed by atoms with van der Waals surface area (Å²) in [6.07, 6.45) is 0. The predicted molar refractivity (Wildman–Crippen MR) is 130 cm³/mol. The number of fused-ring (bicyclic) bond motifs is 3. The van der Waals surface area contributed by atoms with E-state index in [9.17, 15) is 18.4 Å². The van der Waals surface area contributed by atoms with Gasteiger partial charge in [-0.15, -0.1) is 0 Å². The van der Waals surface area contributed by atoms with E-state index in [1.54, 1.807) is 0 Å². The molecule has 0 bridgehead atoms. The van der Waals surface area contributed by atoms with Gasteiger partial charge in [-0.25, -0.2) is 8.78 Å². The molecule has 0 saturated heterocycles. The van der Waals surface area contributed by atoms with Crippen molar-refractivity contribution in [1.29, 1.82) is 0 Å². The molecule has 1 unspecified atom stereocenters. The van der Waals surface area contributed by atoms with Gasteiger partial charge in [-0.2, -0.15) is 0 Å². The second kappa shape index (κ2) is 10.0. The SMILES string of the molecule is CCn1c2ccccc2c2cc(NC(=O)C[NH+](CC)CC(=O)Nc3c(F)cccc3F)ccc21. The van der Waals surface area contributed by atoms with Crippen molar-refractivity contribution in [2.75, 3.05) is 30.3 Å². The van der Waals surface area contributed by atoms with Crippen LogP contribution in [0.1, 0.15) is 13.8 Å². The fourth-order valence-corrected chi connectivity index (χ4v) is 4.24. The van der Waals surface area contributed by atoms with E-state index >= 15 is 0 Å². The number of rotatable bonds is 8. The van der Waals surface area contributed by atoms with Crippen molar-refractivity contribution in [3.8, 4) is 0 Å². The van der Waals surface area contributed by atoms with Crippen LogP contribution in [0.25, 0.3) is 21.8 Å². The summed E-state index contributed by atoms with van der Waals surface area (Å²) in [6, 6.07) is 17.3. The van der Waals surface area contributed by atoms with Gasteiger partial charge in [0.25, 0.3) is 11.8 Å². The monoisotopic (exact) mass is 465 g/mol. The molecule has 0 saturated carbocycles. The Kier molecular flexibility index (Phi) is 6.88. The lowest BCUT2D eigenvalue weighted by Gasteiger charge is -2.17. The van der Waals surface area contributed by atoms with E-state index in [0.29, 0.717) is 17.1 Å². The van der Waals surface area contributed by atoms with E-state index in [-0.39, 0.29) is 19.0 Å². The number of nitrogens with zero attached hydrogens (tertiary/aromatic N) is 1. The van der Waals surface area contributed by atoms with Crippen LogP contribution in [0.4, 0.5) is 20.2 Å². The summed E-state index contributed by atoms with van der Waals surface area (Å²) in [5, 5.41) is 7.35. The van der Waals surface area contributed by atoms with Gasteiger partial charge < -0.3 is 20.1 Å². The number of carbonyl (C=O) groups is 2. The average molecular weight is 466 g/mol. The highest BCUT2D eigenvalue weighted by atomic mass is 19.1. The quantitative estimate of drug-likeness (QED) is 0.373. The van der Waals surface area contributed by atoms with Crippen LogP contribution >= 0.6 is 0 Å². The first-order chi connectivity index (χ1) is 16.4. The number of para-hydroxylation sites is 2. The molecule has 4 aromatic rings. The normalized spacial score (nSPS) is 12.1. The van der Waals surface area contributed by atoms with Crippen molar-refractivity contribution in [2.45, 2.75) is 20.4 Å². The van der Waals surface area contributed by atoms with Gasteiger partial charge in [-0.3, -0.25) is 9.59 Å². The highest BCUT2D eigenvalue weighted by molar-refractivity contribution is 6.09. The Morgan fingerprint density at radius 1 is 0.824 bits per heavy atom. The van der Waals surface area contributed by atoms with E-state index in [4.69, 9.17) is 0 Å². The first-order valence-corrected chi connectivity index (χ1v) is 11.3. The minimum absolute atomic E-state index is 0.0401. The van der Waals surface area contributed by atoms with Gasteiger partial charge in [0.1, 0.15) is 17.3 Å². The number of aryl methyl sites for hydroxylation is 1. The molecule has 34 heavy (non-hydrogen) atoms. The third kappa shape index (κ3) is 4.77. The molecule has 6 nitrogen and oxygen atoms in total. The van der Waals surface area contributed by atoms with Crippen LogP contribution < -0.4 is 15.5 Å². The van der Waals surface area contributed by atoms with Crippen LogP contribution in [0.2, 0.25) is 0 Å². The molecule has 1 heterocycles. The van der Waals surface area contributed by atoms with Crippen molar-refractivity contribution in [3.63, 3.8) is 0 Å². The maximum Gasteiger partial charge on any atom is 0.279 e. The van der Waals surface area contributed by atoms with Crippen molar-refractivity contribution in [1.82, 2.24) is 4.57 Å². The molecule has 0 aliphatic heterocycles. The third-order valence-corrected chi connectivity index (χ3v) is 5.92. The lowest BCUT2D eigenvalue weighted by atomic mass is 10.1. The summed E-state index contributed by atoms with van der Waals surface area (Å²) in [6.45, 7) is 5.21. The molecule has 1 atom stereocenters. The molecule has 4 rings (SSSR count). The van der Waals surface area contributed by atoms with Crippen molar-refractivity contribution < 1.29 is 23.3 Å². The number of halogens is 2. The molecule has 8 heteroatoms. The standard InChI is InChI=1S/C26H26F2N4O2/c1-3-31(16-25(34)30-26-20(27)9-7-10-21(26)28)15-24(33)29-17-12-13-23-19(14-17)18-8-5-6-11-22(18)32(23)4-2/h5-14H,3-4,15-16H2,1-2H3,(H,29,33)(H,30,34)/p+1. The molecule has 0 aliphatic rings. The summed E-state index contributed by atoms with van der Waals surface area (Å²) in [4.78, 5) is 25.7. The predicted octanol–water partition coefficient (Wildman–Crippen LogP) is 3.57. The van der Waals surface area contributed by atoms with Crippen molar-refractivity contribution in [3.05, 3.63) is 72.3 Å². The zero-order chi connectivity index (χ0) is 24.2. The van der Waals surface area contributed by atoms with E-state index in [2.05, 4.69) is 34.3 Å². The maximum absolute atomic E-state index is 13.8. The van der Waals surface area contributed by atoms with Gasteiger partial charge in [0, 0.05) is 34.0 Å². The molecule has 0 spiro atoms. The van der Waals surface area contributed by atoms with E-state index < -0.39 is 23.2 Å². The average Bonchev–Trinajstić information content (AvgIpc) is 3.14. The van der Waals surface area contributed by atoms with Crippen molar-refractivity contribution >= 4 is 45.0 Å². The van der Waals surface area contributed by atoms with Crippen LogP contribution in [0, 0.1) is 11.6 Å². The fraction of sp³-hybridized carbons (Fsp3) is 0.231. The first kappa shape index (κ1) is 23.4. The Hall–Kier alpha value is -3.78. The number of amides is 2. The highest BCUT2D eigenvalue weighted by Gasteiger charge is 2.19. The Labute approximate surface area is 196 Å². The lowest BCUT2D eigenvalue weighted by molar-refractivity contribution is -0.881. The number of hydrogen-bond donors (Lipinski definition) is 3. The van der Waals surface area contributed by atoms with Crippen LogP contribution in [0.15, 0.2) is 60.7 Å². The lowest BCUT2D eigenvalue weighted by Crippen LogP contribution is -3.13. The van der Waals surface area contributed by atoms with Crippen LogP contribution in [0.3, 0.4) is 0 Å². The number of quaternary nitrogens is 1. The number of anilines is 2. The van der Waals surface area contributed by atoms with Gasteiger partial charge >= 0.3 is 0 Å². The second-order valence-electron chi connectivity index (χ2n) is 8.14. The van der Waals surface area contributed by atoms with Gasteiger partial charge in [0.05, 0.1) is 6.54 Å². The van der Waals surface area contributed by atoms with Crippen molar-refractivity contribution in [2.24, 2.45) is 0 Å². The van der Waals surface area contributed by atoms with Crippen LogP contribution in [-0.2, 0) is 16.1 Å². The molecule has 1 aromatic heterocycles. The Bertz CT molecular complexity index is 1350. The number of benzene rings is 3. The Morgan fingerprint density at radius 2 is 1.47 bits per heavy atom. The molecule has 0 radical (unpaired) electrons. The van der Waals surface area contributed by atoms with E-state index in [1.165, 1.54) is 6.07 Å². The van der Waals surface area contributed by atoms with E-state index in [0.717, 1.165) is 40.5 Å². The maximum atomic E-state index is 13.8. The zero-order valence-electron chi connectivity index (χ0n) is 19.1. The molecular weight excluding hydrogens is 438 g/mol. The summed E-state index contributed by atoms with van der Waals surface area (Å²) in [5.74, 6) is -2.50. The topological polar surface area (TPSA) is 67.6 Å². The number of nitrogens with one attached hydrogen (secondary N) is 3. The van der Waals surface area contributed by atoms with Gasteiger partial charge in [0.15, 0.2) is 13.1 Å². The third-order valence-electron chi connectivity index (χ3n) is 5.92. The molecule has 0 fully saturated rings. The Balaban J connectivity index is 1.44. The number of aromatic nitrogens is 1. The fourth-order valence-electron chi connectivity index (χ4n) is 4.24. The van der Waals surface area contributed by atoms with E-state index in [1.807, 2.05) is 37.3 Å². The second-order valence-corrected chi connectivity index (χ2v) is 8.14. The Morgan fingerprint density at radius 3 is 2.15 bits per heavy atom. The molecule has 3 N–H and O–H groups in total. The number of likely N-dealkylation sites (N-methyl/N-ethyl adjacent to an activating group) is 1. The number of hydrogen-bond acceptors (Lipinski definition) is 2. The minimum atomic E-state index is -0.844. The smallest absolute Gasteiger partial charge is 0.279 e. The molecule has 2 amide bonds. The summed E-state index contributed by atoms with van der Waals surface area (Å²) in [7, 11) is 0. The zero-order valence-corrected chi connectivity index (χ0v) is 19.1. The van der Waals surface area contributed by atoms with Gasteiger partial charge in [-0.1, -0.05) is 24.3 Å². The molecule has 176 valence electrons. The van der Waals surface area contributed by atoms with Crippen LogP contribution in [-0.4, -0.2) is 36.0 Å². The largest absolute Gasteiger partial charge is 0.341 e. The summed E-state index contributed by atoms with van der Waals surface area (Å²) < 4.78 is 29.8. The van der Waals surface area contributed by atoms with Gasteiger partial charge in [-0.05, 0) is 50.2 Å². The molecular formula is C26H27F2N4O2+.